The molecule has 1 saturated carbocycles. The van der Waals surface area contributed by atoms with Crippen LogP contribution in [0.1, 0.15) is 39.8 Å². The van der Waals surface area contributed by atoms with E-state index in [0.717, 1.165) is 16.6 Å². The molecule has 136 valence electrons. The van der Waals surface area contributed by atoms with Crippen LogP contribution in [-0.4, -0.2) is 29.8 Å². The third-order valence-corrected chi connectivity index (χ3v) is 5.47. The second-order valence-electron chi connectivity index (χ2n) is 6.12. The van der Waals surface area contributed by atoms with Crippen molar-refractivity contribution in [2.24, 2.45) is 0 Å². The number of amides is 3. The minimum Gasteiger partial charge on any atom is -0.349 e. The van der Waals surface area contributed by atoms with E-state index in [0.29, 0.717) is 16.1 Å². The van der Waals surface area contributed by atoms with Crippen LogP contribution in [0.5, 0.6) is 0 Å². The number of thiophene rings is 1. The Morgan fingerprint density at radius 3 is 2.58 bits per heavy atom. The fourth-order valence-electron chi connectivity index (χ4n) is 2.25. The molecule has 1 aliphatic carbocycles. The van der Waals surface area contributed by atoms with Gasteiger partial charge in [0.05, 0.1) is 8.66 Å². The second-order valence-corrected chi connectivity index (χ2v) is 8.58. The first-order chi connectivity index (χ1) is 12.4. The highest BCUT2D eigenvalue weighted by atomic mass is 79.9. The first-order valence-electron chi connectivity index (χ1n) is 8.20. The lowest BCUT2D eigenvalue weighted by Gasteiger charge is -2.14. The average Bonchev–Trinajstić information content (AvgIpc) is 3.32. The van der Waals surface area contributed by atoms with Crippen LogP contribution in [0, 0.1) is 0 Å². The maximum absolute atomic E-state index is 12.3. The summed E-state index contributed by atoms with van der Waals surface area (Å²) in [7, 11) is 0. The van der Waals surface area contributed by atoms with Gasteiger partial charge in [-0.25, -0.2) is 0 Å². The molecule has 3 N–H and O–H groups in total. The predicted molar refractivity (Wildman–Crippen MR) is 105 cm³/mol. The summed E-state index contributed by atoms with van der Waals surface area (Å²) in [6.07, 6.45) is 2.03. The van der Waals surface area contributed by atoms with Crippen molar-refractivity contribution >= 4 is 50.7 Å². The van der Waals surface area contributed by atoms with Gasteiger partial charge >= 0.3 is 0 Å². The highest BCUT2D eigenvalue weighted by Gasteiger charge is 2.24. The van der Waals surface area contributed by atoms with Crippen molar-refractivity contribution in [2.45, 2.75) is 31.8 Å². The van der Waals surface area contributed by atoms with Crippen molar-refractivity contribution in [3.8, 4) is 0 Å². The lowest BCUT2D eigenvalue weighted by molar-refractivity contribution is -0.117. The first-order valence-corrected chi connectivity index (χ1v) is 9.81. The number of anilines is 1. The summed E-state index contributed by atoms with van der Waals surface area (Å²) in [5.74, 6) is -0.803. The highest BCUT2D eigenvalue weighted by Crippen LogP contribution is 2.22. The lowest BCUT2D eigenvalue weighted by atomic mass is 10.1. The molecule has 1 heterocycles. The molecule has 0 aliphatic heterocycles. The van der Waals surface area contributed by atoms with Crippen LogP contribution in [0.15, 0.2) is 40.2 Å². The van der Waals surface area contributed by atoms with E-state index in [-0.39, 0.29) is 23.8 Å². The molecule has 3 rings (SSSR count). The van der Waals surface area contributed by atoms with E-state index in [1.54, 1.807) is 43.3 Å². The van der Waals surface area contributed by atoms with Crippen molar-refractivity contribution in [1.29, 1.82) is 0 Å². The number of benzene rings is 1. The summed E-state index contributed by atoms with van der Waals surface area (Å²) in [6.45, 7) is 1.61. The molecule has 0 spiro atoms. The lowest BCUT2D eigenvalue weighted by Crippen LogP contribution is -2.41. The van der Waals surface area contributed by atoms with Gasteiger partial charge in [0.2, 0.25) is 5.91 Å². The van der Waals surface area contributed by atoms with Crippen LogP contribution < -0.4 is 16.0 Å². The Hall–Kier alpha value is -2.19. The van der Waals surface area contributed by atoms with E-state index in [1.165, 1.54) is 11.3 Å². The molecule has 8 heteroatoms. The van der Waals surface area contributed by atoms with E-state index in [9.17, 15) is 14.4 Å². The third-order valence-electron chi connectivity index (χ3n) is 3.84. The SMILES string of the molecule is CC(NC(=O)c1ccc(Br)s1)C(=O)Nc1cccc(C(=O)NC2CC2)c1. The van der Waals surface area contributed by atoms with Gasteiger partial charge in [-0.3, -0.25) is 14.4 Å². The Morgan fingerprint density at radius 2 is 1.92 bits per heavy atom. The Morgan fingerprint density at radius 1 is 1.15 bits per heavy atom. The number of halogens is 1. The minimum atomic E-state index is -0.715. The maximum atomic E-state index is 12.3. The fourth-order valence-corrected chi connectivity index (χ4v) is 3.54. The van der Waals surface area contributed by atoms with Gasteiger partial charge in [0.15, 0.2) is 0 Å². The minimum absolute atomic E-state index is 0.145. The summed E-state index contributed by atoms with van der Waals surface area (Å²) >= 11 is 4.60. The Labute approximate surface area is 163 Å². The molecule has 1 aliphatic rings. The van der Waals surface area contributed by atoms with Crippen molar-refractivity contribution in [2.75, 3.05) is 5.32 Å². The summed E-state index contributed by atoms with van der Waals surface area (Å²) in [4.78, 5) is 37.1. The second kappa shape index (κ2) is 8.01. The van der Waals surface area contributed by atoms with Crippen LogP contribution in [-0.2, 0) is 4.79 Å². The quantitative estimate of drug-likeness (QED) is 0.650. The van der Waals surface area contributed by atoms with Crippen LogP contribution in [0.4, 0.5) is 5.69 Å². The molecule has 26 heavy (non-hydrogen) atoms. The molecule has 1 unspecified atom stereocenters. The summed E-state index contributed by atoms with van der Waals surface area (Å²) in [6, 6.07) is 9.77. The molecule has 1 fully saturated rings. The average molecular weight is 436 g/mol. The van der Waals surface area contributed by atoms with Crippen LogP contribution >= 0.6 is 27.3 Å². The van der Waals surface area contributed by atoms with Crippen LogP contribution in [0.25, 0.3) is 0 Å². The fraction of sp³-hybridized carbons (Fsp3) is 0.278. The smallest absolute Gasteiger partial charge is 0.262 e. The van der Waals surface area contributed by atoms with E-state index in [2.05, 4.69) is 31.9 Å². The van der Waals surface area contributed by atoms with Gasteiger partial charge in [0.25, 0.3) is 11.8 Å². The van der Waals surface area contributed by atoms with Gasteiger partial charge in [-0.15, -0.1) is 11.3 Å². The van der Waals surface area contributed by atoms with Crippen molar-refractivity contribution in [3.63, 3.8) is 0 Å². The predicted octanol–water partition coefficient (Wildman–Crippen LogP) is 3.16. The number of nitrogens with one attached hydrogen (secondary N) is 3. The van der Waals surface area contributed by atoms with Gasteiger partial charge in [-0.1, -0.05) is 6.07 Å². The van der Waals surface area contributed by atoms with E-state index in [4.69, 9.17) is 0 Å². The summed E-state index contributed by atoms with van der Waals surface area (Å²) in [5.41, 5.74) is 1.01. The van der Waals surface area contributed by atoms with E-state index < -0.39 is 6.04 Å². The zero-order valence-corrected chi connectivity index (χ0v) is 16.4. The molecule has 1 atom stereocenters. The Balaban J connectivity index is 1.58. The van der Waals surface area contributed by atoms with Crippen molar-refractivity contribution < 1.29 is 14.4 Å². The molecular formula is C18H18BrN3O3S. The van der Waals surface area contributed by atoms with Crippen molar-refractivity contribution in [3.05, 3.63) is 50.6 Å². The number of carbonyl (C=O) groups is 3. The van der Waals surface area contributed by atoms with Gasteiger partial charge in [-0.2, -0.15) is 0 Å². The third kappa shape index (κ3) is 4.92. The van der Waals surface area contributed by atoms with Crippen LogP contribution in [0.3, 0.4) is 0 Å². The monoisotopic (exact) mass is 435 g/mol. The molecule has 0 bridgehead atoms. The maximum Gasteiger partial charge on any atom is 0.262 e. The topological polar surface area (TPSA) is 87.3 Å². The molecule has 0 radical (unpaired) electrons. The van der Waals surface area contributed by atoms with Crippen LogP contribution in [0.2, 0.25) is 0 Å². The zero-order chi connectivity index (χ0) is 18.7. The summed E-state index contributed by atoms with van der Waals surface area (Å²) < 4.78 is 0.848. The molecule has 3 amide bonds. The molecular weight excluding hydrogens is 418 g/mol. The molecule has 1 aromatic carbocycles. The molecule has 0 saturated heterocycles. The highest BCUT2D eigenvalue weighted by molar-refractivity contribution is 9.11. The Bertz CT molecular complexity index is 848. The first kappa shape index (κ1) is 18.6. The van der Waals surface area contributed by atoms with E-state index >= 15 is 0 Å². The zero-order valence-electron chi connectivity index (χ0n) is 14.0. The standard InChI is InChI=1S/C18H18BrN3O3S/c1-10(20-18(25)14-7-8-15(19)26-14)16(23)22-13-4-2-3-11(9-13)17(24)21-12-5-6-12/h2-4,7-10,12H,5-6H2,1H3,(H,20,25)(H,21,24)(H,22,23). The largest absolute Gasteiger partial charge is 0.349 e. The van der Waals surface area contributed by atoms with Gasteiger partial charge in [0.1, 0.15) is 6.04 Å². The number of carbonyl (C=O) groups excluding carboxylic acids is 3. The molecule has 1 aromatic heterocycles. The van der Waals surface area contributed by atoms with Gasteiger partial charge in [0, 0.05) is 17.3 Å². The van der Waals surface area contributed by atoms with Gasteiger partial charge < -0.3 is 16.0 Å². The van der Waals surface area contributed by atoms with Gasteiger partial charge in [-0.05, 0) is 66.0 Å². The number of hydrogen-bond acceptors (Lipinski definition) is 4. The Kier molecular flexibility index (Phi) is 5.73. The number of rotatable bonds is 6. The number of hydrogen-bond donors (Lipinski definition) is 3. The van der Waals surface area contributed by atoms with Crippen molar-refractivity contribution in [1.82, 2.24) is 10.6 Å². The summed E-state index contributed by atoms with van der Waals surface area (Å²) in [5, 5.41) is 8.30. The molecule has 2 aromatic rings. The molecule has 6 nitrogen and oxygen atoms in total. The van der Waals surface area contributed by atoms with E-state index in [1.807, 2.05) is 0 Å². The normalized spacial score (nSPS) is 14.4.